The second-order valence-electron chi connectivity index (χ2n) is 6.84. The van der Waals surface area contributed by atoms with Crippen molar-refractivity contribution in [2.75, 3.05) is 11.1 Å². The third kappa shape index (κ3) is 6.33. The molecule has 3 rings (SSSR count). The highest BCUT2D eigenvalue weighted by Gasteiger charge is 2.21. The van der Waals surface area contributed by atoms with E-state index in [9.17, 15) is 9.59 Å². The molecule has 0 bridgehead atoms. The predicted octanol–water partition coefficient (Wildman–Crippen LogP) is 6.13. The van der Waals surface area contributed by atoms with Crippen LogP contribution in [0.4, 0.5) is 5.69 Å². The molecule has 1 heterocycles. The molecule has 0 radical (unpaired) electrons. The highest BCUT2D eigenvalue weighted by molar-refractivity contribution is 7.99. The molecule has 0 unspecified atom stereocenters. The number of amides is 2. The van der Waals surface area contributed by atoms with E-state index >= 15 is 0 Å². The summed E-state index contributed by atoms with van der Waals surface area (Å²) in [7, 11) is 0. The normalized spacial score (nSPS) is 11.8. The Morgan fingerprint density at radius 3 is 2.36 bits per heavy atom. The standard InChI is InChI=1S/C21H19Cl4N5O2S/c1-3-30-19(11(2)26-20(32)13-6-4-5-7-14(13)23)28-29-21(30)33-10-17(31)27-18-15(24)8-12(22)9-16(18)25/h4-9,11H,3,10H2,1-2H3,(H,26,32)(H,27,31)/t11-/m1/s1. The summed E-state index contributed by atoms with van der Waals surface area (Å²) in [4.78, 5) is 25.0. The summed E-state index contributed by atoms with van der Waals surface area (Å²) >= 11 is 25.4. The van der Waals surface area contributed by atoms with Gasteiger partial charge < -0.3 is 15.2 Å². The van der Waals surface area contributed by atoms with Gasteiger partial charge in [0.05, 0.1) is 38.1 Å². The Kier molecular flexibility index (Phi) is 8.89. The summed E-state index contributed by atoms with van der Waals surface area (Å²) in [6.45, 7) is 4.27. The number of aromatic nitrogens is 3. The molecule has 1 aromatic heterocycles. The van der Waals surface area contributed by atoms with Crippen LogP contribution in [0.15, 0.2) is 41.6 Å². The fourth-order valence-corrected chi connectivity index (χ4v) is 4.92. The number of rotatable bonds is 8. The van der Waals surface area contributed by atoms with E-state index < -0.39 is 6.04 Å². The van der Waals surface area contributed by atoms with Crippen LogP contribution in [0.5, 0.6) is 0 Å². The Labute approximate surface area is 215 Å². The van der Waals surface area contributed by atoms with Gasteiger partial charge in [-0.2, -0.15) is 0 Å². The smallest absolute Gasteiger partial charge is 0.253 e. The van der Waals surface area contributed by atoms with Gasteiger partial charge in [-0.3, -0.25) is 9.59 Å². The van der Waals surface area contributed by atoms with E-state index in [1.165, 1.54) is 23.9 Å². The SMILES string of the molecule is CCn1c(SCC(=O)Nc2c(Cl)cc(Cl)cc2Cl)nnc1[C@@H](C)NC(=O)c1ccccc1Cl. The molecule has 1 atom stereocenters. The van der Waals surface area contributed by atoms with E-state index in [1.807, 2.05) is 11.5 Å². The number of hydrogen-bond acceptors (Lipinski definition) is 5. The quantitative estimate of drug-likeness (QED) is 0.331. The van der Waals surface area contributed by atoms with Crippen LogP contribution in [0, 0.1) is 0 Å². The summed E-state index contributed by atoms with van der Waals surface area (Å²) < 4.78 is 1.83. The first-order chi connectivity index (χ1) is 15.7. The van der Waals surface area contributed by atoms with E-state index in [0.29, 0.717) is 38.8 Å². The van der Waals surface area contributed by atoms with Gasteiger partial charge >= 0.3 is 0 Å². The predicted molar refractivity (Wildman–Crippen MR) is 134 cm³/mol. The summed E-state index contributed by atoms with van der Waals surface area (Å²) in [5.41, 5.74) is 0.668. The lowest BCUT2D eigenvalue weighted by molar-refractivity contribution is -0.113. The van der Waals surface area contributed by atoms with Gasteiger partial charge in [-0.15, -0.1) is 10.2 Å². The fourth-order valence-electron chi connectivity index (χ4n) is 2.98. The zero-order valence-electron chi connectivity index (χ0n) is 17.5. The highest BCUT2D eigenvalue weighted by atomic mass is 35.5. The van der Waals surface area contributed by atoms with Crippen LogP contribution in [0.3, 0.4) is 0 Å². The second-order valence-corrected chi connectivity index (χ2v) is 9.44. The molecule has 7 nitrogen and oxygen atoms in total. The van der Waals surface area contributed by atoms with E-state index in [1.54, 1.807) is 31.2 Å². The molecule has 2 amide bonds. The third-order valence-corrected chi connectivity index (χ3v) is 6.63. The summed E-state index contributed by atoms with van der Waals surface area (Å²) in [6.07, 6.45) is 0. The number of carbonyl (C=O) groups is 2. The molecule has 0 aliphatic rings. The van der Waals surface area contributed by atoms with Gasteiger partial charge in [-0.1, -0.05) is 70.3 Å². The van der Waals surface area contributed by atoms with Crippen molar-refractivity contribution in [3.63, 3.8) is 0 Å². The van der Waals surface area contributed by atoms with Crippen molar-refractivity contribution in [2.45, 2.75) is 31.6 Å². The number of benzene rings is 2. The van der Waals surface area contributed by atoms with Crippen LogP contribution in [-0.4, -0.2) is 32.3 Å². The van der Waals surface area contributed by atoms with E-state index in [4.69, 9.17) is 46.4 Å². The molecule has 12 heteroatoms. The van der Waals surface area contributed by atoms with Gasteiger partial charge in [-0.05, 0) is 38.1 Å². The molecule has 0 fully saturated rings. The zero-order chi connectivity index (χ0) is 24.1. The van der Waals surface area contributed by atoms with Gasteiger partial charge in [-0.25, -0.2) is 0 Å². The van der Waals surface area contributed by atoms with Crippen LogP contribution >= 0.6 is 58.2 Å². The largest absolute Gasteiger partial charge is 0.342 e. The lowest BCUT2D eigenvalue weighted by Gasteiger charge is -2.15. The van der Waals surface area contributed by atoms with E-state index in [2.05, 4.69) is 20.8 Å². The van der Waals surface area contributed by atoms with Crippen molar-refractivity contribution in [3.8, 4) is 0 Å². The topological polar surface area (TPSA) is 88.9 Å². The van der Waals surface area contributed by atoms with Crippen LogP contribution in [0.1, 0.15) is 36.1 Å². The number of hydrogen-bond donors (Lipinski definition) is 2. The third-order valence-electron chi connectivity index (χ3n) is 4.52. The van der Waals surface area contributed by atoms with Gasteiger partial charge in [0.15, 0.2) is 11.0 Å². The van der Waals surface area contributed by atoms with E-state index in [-0.39, 0.29) is 27.6 Å². The maximum atomic E-state index is 12.6. The molecule has 0 saturated carbocycles. The molecular formula is C21H19Cl4N5O2S. The number of halogens is 4. The Hall–Kier alpha value is -1.97. The van der Waals surface area contributed by atoms with Gasteiger partial charge in [0.1, 0.15) is 0 Å². The summed E-state index contributed by atoms with van der Waals surface area (Å²) in [5, 5.41) is 15.7. The Morgan fingerprint density at radius 2 is 1.73 bits per heavy atom. The number of nitrogens with one attached hydrogen (secondary N) is 2. The molecule has 0 aliphatic carbocycles. The minimum Gasteiger partial charge on any atom is -0.342 e. The van der Waals surface area contributed by atoms with Crippen LogP contribution in [0.2, 0.25) is 20.1 Å². The monoisotopic (exact) mass is 545 g/mol. The molecule has 174 valence electrons. The maximum Gasteiger partial charge on any atom is 0.253 e. The highest BCUT2D eigenvalue weighted by Crippen LogP contribution is 2.34. The molecule has 2 N–H and O–H groups in total. The molecular weight excluding hydrogens is 528 g/mol. The summed E-state index contributed by atoms with van der Waals surface area (Å²) in [6, 6.07) is 9.35. The van der Waals surface area contributed by atoms with Crippen molar-refractivity contribution >= 4 is 75.7 Å². The maximum absolute atomic E-state index is 12.6. The number of anilines is 1. The molecule has 0 spiro atoms. The van der Waals surface area contributed by atoms with Crippen molar-refractivity contribution in [3.05, 3.63) is 67.9 Å². The average molecular weight is 547 g/mol. The Morgan fingerprint density at radius 1 is 1.06 bits per heavy atom. The zero-order valence-corrected chi connectivity index (χ0v) is 21.4. The van der Waals surface area contributed by atoms with Gasteiger partial charge in [0.25, 0.3) is 5.91 Å². The summed E-state index contributed by atoms with van der Waals surface area (Å²) in [5.74, 6) is -0.0274. The Balaban J connectivity index is 1.66. The molecule has 3 aromatic rings. The average Bonchev–Trinajstić information content (AvgIpc) is 3.18. The number of carbonyl (C=O) groups excluding carboxylic acids is 2. The van der Waals surface area contributed by atoms with Crippen LogP contribution < -0.4 is 10.6 Å². The lowest BCUT2D eigenvalue weighted by atomic mass is 10.2. The van der Waals surface area contributed by atoms with Crippen LogP contribution in [-0.2, 0) is 11.3 Å². The molecule has 0 aliphatic heterocycles. The number of nitrogens with zero attached hydrogens (tertiary/aromatic N) is 3. The minimum atomic E-state index is -0.434. The lowest BCUT2D eigenvalue weighted by Crippen LogP contribution is -2.29. The first kappa shape index (κ1) is 25.6. The van der Waals surface area contributed by atoms with Crippen molar-refractivity contribution < 1.29 is 9.59 Å². The van der Waals surface area contributed by atoms with E-state index in [0.717, 1.165) is 0 Å². The van der Waals surface area contributed by atoms with Gasteiger partial charge in [0, 0.05) is 11.6 Å². The van der Waals surface area contributed by atoms with Crippen molar-refractivity contribution in [1.29, 1.82) is 0 Å². The first-order valence-electron chi connectivity index (χ1n) is 9.77. The molecule has 2 aromatic carbocycles. The second kappa shape index (κ2) is 11.4. The number of thioether (sulfide) groups is 1. The fraction of sp³-hybridized carbons (Fsp3) is 0.238. The molecule has 0 saturated heterocycles. The molecule has 33 heavy (non-hydrogen) atoms. The van der Waals surface area contributed by atoms with Crippen molar-refractivity contribution in [2.24, 2.45) is 0 Å². The Bertz CT molecular complexity index is 1160. The minimum absolute atomic E-state index is 0.0494. The first-order valence-corrected chi connectivity index (χ1v) is 12.3. The van der Waals surface area contributed by atoms with Crippen LogP contribution in [0.25, 0.3) is 0 Å². The van der Waals surface area contributed by atoms with Gasteiger partial charge in [0.2, 0.25) is 5.91 Å². The van der Waals surface area contributed by atoms with Crippen molar-refractivity contribution in [1.82, 2.24) is 20.1 Å².